The molecule has 29 heavy (non-hydrogen) atoms. The van der Waals surface area contributed by atoms with Crippen molar-refractivity contribution >= 4 is 27.8 Å². The number of ether oxygens (including phenoxy) is 1. The Hall–Kier alpha value is -2.46. The number of amides is 2. The van der Waals surface area contributed by atoms with E-state index in [-0.39, 0.29) is 17.3 Å². The van der Waals surface area contributed by atoms with E-state index in [0.29, 0.717) is 11.1 Å². The molecule has 1 aromatic rings. The second-order valence-electron chi connectivity index (χ2n) is 6.96. The van der Waals surface area contributed by atoms with Gasteiger partial charge in [-0.2, -0.15) is 4.72 Å². The maximum atomic E-state index is 12.9. The highest BCUT2D eigenvalue weighted by Gasteiger charge is 2.27. The van der Waals surface area contributed by atoms with E-state index in [1.807, 2.05) is 19.9 Å². The third-order valence-electron chi connectivity index (χ3n) is 4.67. The van der Waals surface area contributed by atoms with Crippen LogP contribution in [0.3, 0.4) is 0 Å². The van der Waals surface area contributed by atoms with Crippen LogP contribution in [0.2, 0.25) is 0 Å². The number of rotatable bonds is 8. The van der Waals surface area contributed by atoms with Gasteiger partial charge < -0.3 is 15.0 Å². The van der Waals surface area contributed by atoms with E-state index in [0.717, 1.165) is 16.0 Å². The lowest BCUT2D eigenvalue weighted by Crippen LogP contribution is -2.42. The van der Waals surface area contributed by atoms with Crippen LogP contribution in [-0.2, 0) is 29.1 Å². The van der Waals surface area contributed by atoms with Gasteiger partial charge in [-0.15, -0.1) is 0 Å². The highest BCUT2D eigenvalue weighted by atomic mass is 32.2. The quantitative estimate of drug-likeness (QED) is 0.577. The molecule has 162 valence electrons. The molecule has 0 saturated heterocycles. The van der Waals surface area contributed by atoms with Crippen LogP contribution in [0.25, 0.3) is 0 Å². The molecule has 0 spiro atoms. The molecule has 0 aliphatic heterocycles. The second-order valence-corrected chi connectivity index (χ2v) is 8.61. The van der Waals surface area contributed by atoms with E-state index in [1.165, 1.54) is 21.0 Å². The minimum atomic E-state index is -3.98. The minimum absolute atomic E-state index is 0.135. The first-order valence-corrected chi connectivity index (χ1v) is 10.5. The smallest absolute Gasteiger partial charge is 0.324 e. The number of hydrogen-bond acceptors (Lipinski definition) is 6. The lowest BCUT2D eigenvalue weighted by atomic mass is 10.0. The molecule has 1 aromatic carbocycles. The zero-order valence-corrected chi connectivity index (χ0v) is 18.7. The summed E-state index contributed by atoms with van der Waals surface area (Å²) in [4.78, 5) is 36.6. The molecule has 9 nitrogen and oxygen atoms in total. The predicted octanol–water partition coefficient (Wildman–Crippen LogP) is 0.335. The molecule has 0 bridgehead atoms. The predicted molar refractivity (Wildman–Crippen MR) is 108 cm³/mol. The number of nitrogens with zero attached hydrogens (tertiary/aromatic N) is 1. The molecule has 0 aliphatic carbocycles. The summed E-state index contributed by atoms with van der Waals surface area (Å²) < 4.78 is 32.9. The van der Waals surface area contributed by atoms with E-state index >= 15 is 0 Å². The van der Waals surface area contributed by atoms with Crippen molar-refractivity contribution < 1.29 is 27.5 Å². The van der Waals surface area contributed by atoms with Gasteiger partial charge in [-0.1, -0.05) is 6.07 Å². The normalized spacial score (nSPS) is 12.2. The largest absolute Gasteiger partial charge is 0.454 e. The molecular weight excluding hydrogens is 398 g/mol. The van der Waals surface area contributed by atoms with Crippen molar-refractivity contribution in [3.05, 3.63) is 28.3 Å². The van der Waals surface area contributed by atoms with Gasteiger partial charge in [0.1, 0.15) is 6.04 Å². The minimum Gasteiger partial charge on any atom is -0.454 e. The summed E-state index contributed by atoms with van der Waals surface area (Å²) in [7, 11) is -1.15. The molecule has 0 aromatic heterocycles. The topological polar surface area (TPSA) is 122 Å². The fraction of sp³-hybridized carbons (Fsp3) is 0.526. The van der Waals surface area contributed by atoms with Crippen LogP contribution in [0.1, 0.15) is 29.2 Å². The molecule has 2 N–H and O–H groups in total. The summed E-state index contributed by atoms with van der Waals surface area (Å²) in [6, 6.07) is 0.708. The molecule has 0 fully saturated rings. The Morgan fingerprint density at radius 2 is 1.62 bits per heavy atom. The number of benzene rings is 1. The molecule has 0 heterocycles. The third-order valence-corrected chi connectivity index (χ3v) is 6.49. The number of likely N-dealkylation sites (N-methyl/N-ethyl adjacent to an activating group) is 2. The zero-order chi connectivity index (χ0) is 22.5. The number of sulfonamides is 1. The molecule has 0 saturated carbocycles. The lowest BCUT2D eigenvalue weighted by molar-refractivity contribution is -0.153. The Bertz CT molecular complexity index is 885. The monoisotopic (exact) mass is 427 g/mol. The van der Waals surface area contributed by atoms with Gasteiger partial charge in [0, 0.05) is 14.1 Å². The third kappa shape index (κ3) is 6.26. The molecule has 2 amide bonds. The van der Waals surface area contributed by atoms with E-state index in [1.54, 1.807) is 13.8 Å². The SMILES string of the molecule is CNC(=O)CN(C)C(=O)COC(=O)[C@H](C)NS(=O)(=O)c1c(C)c(C)cc(C)c1C. The van der Waals surface area contributed by atoms with Crippen molar-refractivity contribution in [2.45, 2.75) is 45.6 Å². The average molecular weight is 428 g/mol. The number of carbonyl (C=O) groups is 3. The molecule has 0 aliphatic rings. The van der Waals surface area contributed by atoms with Crippen molar-refractivity contribution in [1.29, 1.82) is 0 Å². The lowest BCUT2D eigenvalue weighted by Gasteiger charge is -2.19. The molecular formula is C19H29N3O6S. The number of nitrogens with one attached hydrogen (secondary N) is 2. The Kier molecular flexibility index (Phi) is 8.34. The van der Waals surface area contributed by atoms with Gasteiger partial charge >= 0.3 is 5.97 Å². The molecule has 0 radical (unpaired) electrons. The van der Waals surface area contributed by atoms with Gasteiger partial charge in [0.25, 0.3) is 5.91 Å². The van der Waals surface area contributed by atoms with E-state index in [4.69, 9.17) is 4.74 Å². The van der Waals surface area contributed by atoms with Gasteiger partial charge in [-0.25, -0.2) is 8.42 Å². The maximum Gasteiger partial charge on any atom is 0.324 e. The van der Waals surface area contributed by atoms with Crippen molar-refractivity contribution in [3.63, 3.8) is 0 Å². The first-order valence-electron chi connectivity index (χ1n) is 9.02. The Morgan fingerprint density at radius 3 is 2.10 bits per heavy atom. The van der Waals surface area contributed by atoms with Crippen LogP contribution in [0.4, 0.5) is 0 Å². The first kappa shape index (κ1) is 24.6. The van der Waals surface area contributed by atoms with Crippen LogP contribution in [0, 0.1) is 27.7 Å². The van der Waals surface area contributed by atoms with Crippen LogP contribution < -0.4 is 10.0 Å². The number of hydrogen-bond donors (Lipinski definition) is 2. The van der Waals surface area contributed by atoms with Crippen LogP contribution >= 0.6 is 0 Å². The van der Waals surface area contributed by atoms with Crippen molar-refractivity contribution in [2.75, 3.05) is 27.2 Å². The highest BCUT2D eigenvalue weighted by molar-refractivity contribution is 7.89. The van der Waals surface area contributed by atoms with Gasteiger partial charge in [-0.05, 0) is 56.9 Å². The van der Waals surface area contributed by atoms with Gasteiger partial charge in [0.15, 0.2) is 6.61 Å². The Morgan fingerprint density at radius 1 is 1.10 bits per heavy atom. The molecule has 10 heteroatoms. The standard InChI is InChI=1S/C19H29N3O6S/c1-11-8-12(2)14(4)18(13(11)3)29(26,27)21-15(5)19(25)28-10-17(24)22(7)9-16(23)20-6/h8,15,21H,9-10H2,1-7H3,(H,20,23)/t15-/m0/s1. The fourth-order valence-corrected chi connectivity index (χ4v) is 4.48. The zero-order valence-electron chi connectivity index (χ0n) is 17.9. The van der Waals surface area contributed by atoms with E-state index in [2.05, 4.69) is 10.0 Å². The second kappa shape index (κ2) is 9.84. The molecule has 0 unspecified atom stereocenters. The fourth-order valence-electron chi connectivity index (χ4n) is 2.67. The number of carbonyl (C=O) groups excluding carboxylic acids is 3. The van der Waals surface area contributed by atoms with Crippen LogP contribution in [0.5, 0.6) is 0 Å². The van der Waals surface area contributed by atoms with Gasteiger partial charge in [-0.3, -0.25) is 14.4 Å². The Balaban J connectivity index is 2.83. The highest BCUT2D eigenvalue weighted by Crippen LogP contribution is 2.26. The summed E-state index contributed by atoms with van der Waals surface area (Å²) in [5, 5.41) is 2.37. The summed E-state index contributed by atoms with van der Waals surface area (Å²) in [6.45, 7) is 7.62. The average Bonchev–Trinajstić information content (AvgIpc) is 2.63. The van der Waals surface area contributed by atoms with Crippen molar-refractivity contribution in [3.8, 4) is 0 Å². The summed E-state index contributed by atoms with van der Waals surface area (Å²) in [5.74, 6) is -1.85. The molecule has 1 rings (SSSR count). The van der Waals surface area contributed by atoms with E-state index < -0.39 is 34.5 Å². The number of esters is 1. The van der Waals surface area contributed by atoms with Crippen LogP contribution in [0.15, 0.2) is 11.0 Å². The van der Waals surface area contributed by atoms with E-state index in [9.17, 15) is 22.8 Å². The Labute approximate surface area is 171 Å². The van der Waals surface area contributed by atoms with Crippen molar-refractivity contribution in [1.82, 2.24) is 14.9 Å². The van der Waals surface area contributed by atoms with Gasteiger partial charge in [0.05, 0.1) is 11.4 Å². The first-order chi connectivity index (χ1) is 13.3. The maximum absolute atomic E-state index is 12.9. The summed E-state index contributed by atoms with van der Waals surface area (Å²) >= 11 is 0. The van der Waals surface area contributed by atoms with Gasteiger partial charge in [0.2, 0.25) is 15.9 Å². The summed E-state index contributed by atoms with van der Waals surface area (Å²) in [5.41, 5.74) is 2.86. The summed E-state index contributed by atoms with van der Waals surface area (Å²) in [6.07, 6.45) is 0. The number of aryl methyl sites for hydroxylation is 2. The molecule has 1 atom stereocenters. The van der Waals surface area contributed by atoms with Crippen LogP contribution in [-0.4, -0.2) is 64.4 Å². The van der Waals surface area contributed by atoms with Crippen molar-refractivity contribution in [2.24, 2.45) is 0 Å².